The summed E-state index contributed by atoms with van der Waals surface area (Å²) in [6, 6.07) is 0. The molecule has 2 heteroatoms. The van der Waals surface area contributed by atoms with Gasteiger partial charge in [0.05, 0.1) is 7.11 Å². The van der Waals surface area contributed by atoms with E-state index < -0.39 is 0 Å². The molecule has 0 aliphatic heterocycles. The van der Waals surface area contributed by atoms with Gasteiger partial charge >= 0.3 is 5.97 Å². The fraction of sp³-hybridized carbons (Fsp3) is 0.462. The van der Waals surface area contributed by atoms with E-state index >= 15 is 0 Å². The molecule has 0 radical (unpaired) electrons. The molecular formula is C13H16O2. The average molecular weight is 204 g/mol. The molecule has 0 amide bonds. The van der Waals surface area contributed by atoms with Gasteiger partial charge in [0.15, 0.2) is 0 Å². The van der Waals surface area contributed by atoms with Crippen LogP contribution < -0.4 is 0 Å². The number of esters is 1. The Labute approximate surface area is 91.0 Å². The maximum Gasteiger partial charge on any atom is 0.331 e. The van der Waals surface area contributed by atoms with Crippen molar-refractivity contribution < 1.29 is 9.53 Å². The molecule has 0 unspecified atom stereocenters. The van der Waals surface area contributed by atoms with Crippen LogP contribution in [0, 0.1) is 11.8 Å². The monoisotopic (exact) mass is 204 g/mol. The molecule has 0 saturated heterocycles. The molecule has 1 rings (SSSR count). The third-order valence-electron chi connectivity index (χ3n) is 2.25. The third-order valence-corrected chi connectivity index (χ3v) is 2.25. The fourth-order valence-corrected chi connectivity index (χ4v) is 1.40. The first kappa shape index (κ1) is 11.6. The number of carbonyl (C=O) groups is 1. The highest BCUT2D eigenvalue weighted by Crippen LogP contribution is 2.16. The van der Waals surface area contributed by atoms with Gasteiger partial charge in [-0.1, -0.05) is 17.9 Å². The smallest absolute Gasteiger partial charge is 0.331 e. The molecule has 0 fully saturated rings. The van der Waals surface area contributed by atoms with E-state index in [9.17, 15) is 4.79 Å². The molecule has 15 heavy (non-hydrogen) atoms. The highest BCUT2D eigenvalue weighted by Gasteiger charge is 1.99. The average Bonchev–Trinajstić information content (AvgIpc) is 2.27. The van der Waals surface area contributed by atoms with Crippen LogP contribution in [0.1, 0.15) is 32.6 Å². The summed E-state index contributed by atoms with van der Waals surface area (Å²) in [6.45, 7) is 1.81. The first-order chi connectivity index (χ1) is 7.22. The summed E-state index contributed by atoms with van der Waals surface area (Å²) in [6.07, 6.45) is 8.28. The van der Waals surface area contributed by atoms with Gasteiger partial charge in [-0.3, -0.25) is 0 Å². The highest BCUT2D eigenvalue weighted by atomic mass is 16.5. The van der Waals surface area contributed by atoms with Gasteiger partial charge in [-0.15, -0.1) is 0 Å². The van der Waals surface area contributed by atoms with Crippen LogP contribution in [0.5, 0.6) is 0 Å². The number of methoxy groups -OCH3 is 1. The van der Waals surface area contributed by atoms with Crippen molar-refractivity contribution in [2.45, 2.75) is 32.6 Å². The quantitative estimate of drug-likeness (QED) is 0.373. The van der Waals surface area contributed by atoms with Gasteiger partial charge in [-0.2, -0.15) is 0 Å². The summed E-state index contributed by atoms with van der Waals surface area (Å²) < 4.78 is 4.51. The van der Waals surface area contributed by atoms with Crippen LogP contribution in [0.15, 0.2) is 23.3 Å². The highest BCUT2D eigenvalue weighted by molar-refractivity contribution is 5.83. The van der Waals surface area contributed by atoms with E-state index in [1.54, 1.807) is 0 Å². The lowest BCUT2D eigenvalue weighted by Crippen LogP contribution is -1.95. The van der Waals surface area contributed by atoms with E-state index in [0.29, 0.717) is 0 Å². The van der Waals surface area contributed by atoms with E-state index in [-0.39, 0.29) is 5.97 Å². The number of carbonyl (C=O) groups excluding carboxylic acids is 1. The summed E-state index contributed by atoms with van der Waals surface area (Å²) in [7, 11) is 1.36. The molecule has 0 aromatic heterocycles. The topological polar surface area (TPSA) is 26.3 Å². The van der Waals surface area contributed by atoms with Gasteiger partial charge in [0.1, 0.15) is 0 Å². The molecule has 0 heterocycles. The Bertz CT molecular complexity index is 350. The van der Waals surface area contributed by atoms with Gasteiger partial charge < -0.3 is 4.74 Å². The molecule has 1 aliphatic carbocycles. The van der Waals surface area contributed by atoms with Crippen molar-refractivity contribution >= 4 is 5.97 Å². The fourth-order valence-electron chi connectivity index (χ4n) is 1.40. The van der Waals surface area contributed by atoms with Crippen LogP contribution in [0.25, 0.3) is 0 Å². The number of hydrogen-bond acceptors (Lipinski definition) is 2. The lowest BCUT2D eigenvalue weighted by atomic mass is 10.00. The third kappa shape index (κ3) is 4.51. The van der Waals surface area contributed by atoms with Crippen LogP contribution in [-0.4, -0.2) is 13.1 Å². The Hall–Kier alpha value is -1.49. The van der Waals surface area contributed by atoms with Crippen LogP contribution in [0.3, 0.4) is 0 Å². The van der Waals surface area contributed by atoms with Gasteiger partial charge in [0.2, 0.25) is 0 Å². The Morgan fingerprint density at radius 2 is 2.33 bits per heavy atom. The number of allylic oxidation sites excluding steroid dienone is 3. The van der Waals surface area contributed by atoms with E-state index in [1.807, 2.05) is 6.92 Å². The molecule has 80 valence electrons. The van der Waals surface area contributed by atoms with Crippen LogP contribution in [0.4, 0.5) is 0 Å². The standard InChI is InChI=1S/C13H16O2/c1-11(10-13(14)15-2)8-9-12-6-4-3-5-7-12/h6,10H,3-5,7H2,1-2H3/b11-10+. The molecule has 0 aromatic rings. The Morgan fingerprint density at radius 3 is 2.93 bits per heavy atom. The Kier molecular flexibility index (Phi) is 4.70. The molecule has 0 aromatic carbocycles. The first-order valence-electron chi connectivity index (χ1n) is 5.19. The molecule has 0 saturated carbocycles. The maximum atomic E-state index is 10.9. The Balaban J connectivity index is 2.60. The number of hydrogen-bond donors (Lipinski definition) is 0. The molecule has 0 atom stereocenters. The molecule has 2 nitrogen and oxygen atoms in total. The van der Waals surface area contributed by atoms with Gasteiger partial charge in [-0.25, -0.2) is 4.79 Å². The van der Waals surface area contributed by atoms with Gasteiger partial charge in [0.25, 0.3) is 0 Å². The second kappa shape index (κ2) is 6.08. The SMILES string of the molecule is COC(=O)/C=C(\C)C#CC1=CCCCC1. The summed E-state index contributed by atoms with van der Waals surface area (Å²) in [4.78, 5) is 10.9. The predicted molar refractivity (Wildman–Crippen MR) is 60.1 cm³/mol. The number of ether oxygens (including phenoxy) is 1. The van der Waals surface area contributed by atoms with E-state index in [0.717, 1.165) is 18.4 Å². The lowest BCUT2D eigenvalue weighted by Gasteiger charge is -2.05. The zero-order valence-corrected chi connectivity index (χ0v) is 9.30. The minimum Gasteiger partial charge on any atom is -0.466 e. The molecular weight excluding hydrogens is 188 g/mol. The predicted octanol–water partition coefficient (Wildman–Crippen LogP) is 2.61. The van der Waals surface area contributed by atoms with E-state index in [1.165, 1.54) is 31.6 Å². The first-order valence-corrected chi connectivity index (χ1v) is 5.19. The molecule has 0 bridgehead atoms. The van der Waals surface area contributed by atoms with Crippen molar-refractivity contribution in [2.75, 3.05) is 7.11 Å². The zero-order valence-electron chi connectivity index (χ0n) is 9.30. The van der Waals surface area contributed by atoms with Crippen molar-refractivity contribution in [3.05, 3.63) is 23.3 Å². The van der Waals surface area contributed by atoms with E-state index in [4.69, 9.17) is 0 Å². The molecule has 1 aliphatic rings. The second-order valence-electron chi connectivity index (χ2n) is 3.58. The summed E-state index contributed by atoms with van der Waals surface area (Å²) in [5.41, 5.74) is 1.94. The summed E-state index contributed by atoms with van der Waals surface area (Å²) in [5.74, 6) is 5.70. The lowest BCUT2D eigenvalue weighted by molar-refractivity contribution is -0.134. The van der Waals surface area contributed by atoms with Crippen molar-refractivity contribution in [1.29, 1.82) is 0 Å². The molecule has 0 N–H and O–H groups in total. The molecule has 0 spiro atoms. The van der Waals surface area contributed by atoms with Gasteiger partial charge in [-0.05, 0) is 38.2 Å². The van der Waals surface area contributed by atoms with Crippen molar-refractivity contribution in [2.24, 2.45) is 0 Å². The number of rotatable bonds is 1. The normalized spacial score (nSPS) is 16.1. The minimum absolute atomic E-state index is 0.348. The second-order valence-corrected chi connectivity index (χ2v) is 3.58. The Morgan fingerprint density at radius 1 is 1.53 bits per heavy atom. The largest absolute Gasteiger partial charge is 0.466 e. The van der Waals surface area contributed by atoms with Crippen molar-refractivity contribution in [3.8, 4) is 11.8 Å². The van der Waals surface area contributed by atoms with Crippen molar-refractivity contribution in [3.63, 3.8) is 0 Å². The summed E-state index contributed by atoms with van der Waals surface area (Å²) >= 11 is 0. The van der Waals surface area contributed by atoms with E-state index in [2.05, 4.69) is 22.7 Å². The minimum atomic E-state index is -0.348. The zero-order chi connectivity index (χ0) is 11.1. The van der Waals surface area contributed by atoms with Crippen LogP contribution in [0.2, 0.25) is 0 Å². The van der Waals surface area contributed by atoms with Gasteiger partial charge in [0, 0.05) is 11.6 Å². The van der Waals surface area contributed by atoms with Crippen LogP contribution >= 0.6 is 0 Å². The summed E-state index contributed by atoms with van der Waals surface area (Å²) in [5, 5.41) is 0. The maximum absolute atomic E-state index is 10.9. The van der Waals surface area contributed by atoms with Crippen LogP contribution in [-0.2, 0) is 9.53 Å². The van der Waals surface area contributed by atoms with Crippen molar-refractivity contribution in [1.82, 2.24) is 0 Å².